The Morgan fingerprint density at radius 3 is 2.67 bits per heavy atom. The summed E-state index contributed by atoms with van der Waals surface area (Å²) in [7, 11) is 0. The quantitative estimate of drug-likeness (QED) is 0.688. The molecule has 0 aromatic heterocycles. The Hall–Kier alpha value is -2.28. The number of aryl methyl sites for hydroxylation is 1. The first-order chi connectivity index (χ1) is 15.8. The minimum atomic E-state index is -0.431. The molecule has 1 aromatic carbocycles. The van der Waals surface area contributed by atoms with Crippen molar-refractivity contribution >= 4 is 23.4 Å². The van der Waals surface area contributed by atoms with Crippen LogP contribution in [0.2, 0.25) is 0 Å². The number of amides is 2. The van der Waals surface area contributed by atoms with E-state index in [0.717, 1.165) is 81.5 Å². The standard InChI is InChI=1S/C26H39N3O4/c1-18(2)16-33-25(32)27-20-5-10-23(19(3)15-20)28-13-4-11-26(17-28)12-14-29(24(26)31)21-6-8-22(30)9-7-21/h5,10,15,18,21-22,30H,4,6-9,11-14,16-17H2,1-3H3,(H,27,32)/t21-,22-,26-/m1/s1. The third-order valence-corrected chi connectivity index (χ3v) is 7.56. The Morgan fingerprint density at radius 2 is 1.97 bits per heavy atom. The molecule has 3 aliphatic rings. The summed E-state index contributed by atoms with van der Waals surface area (Å²) in [5, 5.41) is 12.7. The highest BCUT2D eigenvalue weighted by Crippen LogP contribution is 2.44. The summed E-state index contributed by atoms with van der Waals surface area (Å²) in [6.07, 6.45) is 5.69. The largest absolute Gasteiger partial charge is 0.449 e. The average molecular weight is 458 g/mol. The van der Waals surface area contributed by atoms with Crippen molar-refractivity contribution in [1.29, 1.82) is 0 Å². The van der Waals surface area contributed by atoms with Crippen LogP contribution in [-0.2, 0) is 9.53 Å². The highest BCUT2D eigenvalue weighted by atomic mass is 16.5. The second-order valence-electron chi connectivity index (χ2n) is 10.6. The van der Waals surface area contributed by atoms with Gasteiger partial charge in [-0.25, -0.2) is 4.79 Å². The van der Waals surface area contributed by atoms with Gasteiger partial charge in [-0.15, -0.1) is 0 Å². The van der Waals surface area contributed by atoms with Gasteiger partial charge in [0, 0.05) is 37.1 Å². The van der Waals surface area contributed by atoms with Gasteiger partial charge in [0.15, 0.2) is 0 Å². The van der Waals surface area contributed by atoms with Crippen LogP contribution < -0.4 is 10.2 Å². The highest BCUT2D eigenvalue weighted by Gasteiger charge is 2.50. The molecule has 1 spiro atoms. The second kappa shape index (κ2) is 9.92. The minimum Gasteiger partial charge on any atom is -0.449 e. The predicted molar refractivity (Wildman–Crippen MR) is 129 cm³/mol. The van der Waals surface area contributed by atoms with Crippen molar-refractivity contribution in [1.82, 2.24) is 4.90 Å². The maximum absolute atomic E-state index is 13.6. The Bertz CT molecular complexity index is 865. The van der Waals surface area contributed by atoms with E-state index >= 15 is 0 Å². The van der Waals surface area contributed by atoms with Gasteiger partial charge in [0.1, 0.15) is 0 Å². The van der Waals surface area contributed by atoms with Crippen molar-refractivity contribution in [3.63, 3.8) is 0 Å². The maximum Gasteiger partial charge on any atom is 0.411 e. The molecular weight excluding hydrogens is 418 g/mol. The number of hydrogen-bond acceptors (Lipinski definition) is 5. The smallest absolute Gasteiger partial charge is 0.411 e. The van der Waals surface area contributed by atoms with E-state index in [1.54, 1.807) is 0 Å². The van der Waals surface area contributed by atoms with Crippen LogP contribution in [0.4, 0.5) is 16.2 Å². The zero-order chi connectivity index (χ0) is 23.6. The van der Waals surface area contributed by atoms with Crippen LogP contribution in [0.25, 0.3) is 0 Å². The first kappa shape index (κ1) is 23.9. The molecule has 0 radical (unpaired) electrons. The first-order valence-corrected chi connectivity index (χ1v) is 12.6. The third kappa shape index (κ3) is 5.29. The minimum absolute atomic E-state index is 0.199. The molecule has 1 atom stereocenters. The van der Waals surface area contributed by atoms with E-state index in [0.29, 0.717) is 18.4 Å². The molecule has 7 nitrogen and oxygen atoms in total. The monoisotopic (exact) mass is 457 g/mol. The summed E-state index contributed by atoms with van der Waals surface area (Å²) in [5.74, 6) is 0.614. The fourth-order valence-corrected chi connectivity index (χ4v) is 5.77. The van der Waals surface area contributed by atoms with E-state index in [-0.39, 0.29) is 17.6 Å². The van der Waals surface area contributed by atoms with Crippen LogP contribution in [-0.4, -0.2) is 60.4 Å². The number of rotatable bonds is 5. The third-order valence-electron chi connectivity index (χ3n) is 7.56. The average Bonchev–Trinajstić information content (AvgIpc) is 3.08. The molecule has 4 rings (SSSR count). The van der Waals surface area contributed by atoms with Gasteiger partial charge in [0.2, 0.25) is 5.91 Å². The lowest BCUT2D eigenvalue weighted by molar-refractivity contribution is -0.139. The number of carbonyl (C=O) groups excluding carboxylic acids is 2. The molecule has 33 heavy (non-hydrogen) atoms. The zero-order valence-corrected chi connectivity index (χ0v) is 20.3. The Labute approximate surface area is 197 Å². The Morgan fingerprint density at radius 1 is 1.21 bits per heavy atom. The number of nitrogens with one attached hydrogen (secondary N) is 1. The molecule has 2 aliphatic heterocycles. The van der Waals surface area contributed by atoms with E-state index in [4.69, 9.17) is 4.74 Å². The van der Waals surface area contributed by atoms with Crippen molar-refractivity contribution in [2.45, 2.75) is 77.9 Å². The molecule has 1 aromatic rings. The van der Waals surface area contributed by atoms with E-state index in [1.807, 2.05) is 32.0 Å². The second-order valence-corrected chi connectivity index (χ2v) is 10.6. The van der Waals surface area contributed by atoms with Gasteiger partial charge in [-0.2, -0.15) is 0 Å². The lowest BCUT2D eigenvalue weighted by atomic mass is 9.78. The topological polar surface area (TPSA) is 82.1 Å². The number of likely N-dealkylation sites (tertiary alicyclic amines) is 1. The Balaban J connectivity index is 1.41. The van der Waals surface area contributed by atoms with E-state index in [9.17, 15) is 14.7 Å². The molecule has 3 fully saturated rings. The molecule has 2 amide bonds. The van der Waals surface area contributed by atoms with Crippen LogP contribution in [0.15, 0.2) is 18.2 Å². The molecule has 182 valence electrons. The number of piperidine rings is 1. The first-order valence-electron chi connectivity index (χ1n) is 12.6. The molecule has 0 unspecified atom stereocenters. The van der Waals surface area contributed by atoms with Crippen LogP contribution >= 0.6 is 0 Å². The maximum atomic E-state index is 13.6. The molecule has 2 N–H and O–H groups in total. The summed E-state index contributed by atoms with van der Waals surface area (Å²) in [6.45, 7) is 8.99. The van der Waals surface area contributed by atoms with E-state index in [2.05, 4.69) is 22.0 Å². The Kier molecular flexibility index (Phi) is 7.17. The van der Waals surface area contributed by atoms with Crippen LogP contribution in [0.3, 0.4) is 0 Å². The van der Waals surface area contributed by atoms with Gasteiger partial charge in [-0.05, 0) is 81.5 Å². The summed E-state index contributed by atoms with van der Waals surface area (Å²) < 4.78 is 5.22. The number of carbonyl (C=O) groups is 2. The zero-order valence-electron chi connectivity index (χ0n) is 20.3. The molecule has 7 heteroatoms. The van der Waals surface area contributed by atoms with Crippen molar-refractivity contribution < 1.29 is 19.4 Å². The number of aliphatic hydroxyl groups excluding tert-OH is 1. The number of ether oxygens (including phenoxy) is 1. The van der Waals surface area contributed by atoms with Gasteiger partial charge < -0.3 is 19.6 Å². The van der Waals surface area contributed by atoms with Gasteiger partial charge in [0.25, 0.3) is 0 Å². The molecule has 1 saturated carbocycles. The number of hydrogen-bond donors (Lipinski definition) is 2. The predicted octanol–water partition coefficient (Wildman–Crippen LogP) is 4.32. The number of benzene rings is 1. The summed E-state index contributed by atoms with van der Waals surface area (Å²) >= 11 is 0. The van der Waals surface area contributed by atoms with Crippen molar-refractivity contribution in [2.24, 2.45) is 11.3 Å². The SMILES string of the molecule is Cc1cc(NC(=O)OCC(C)C)ccc1N1CCC[C@@]2(CCN([C@H]3CC[C@H](O)CC3)C2=O)C1. The van der Waals surface area contributed by atoms with Crippen molar-refractivity contribution in [3.05, 3.63) is 23.8 Å². The molecule has 2 heterocycles. The van der Waals surface area contributed by atoms with Crippen LogP contribution in [0.1, 0.15) is 64.4 Å². The fourth-order valence-electron chi connectivity index (χ4n) is 5.77. The van der Waals surface area contributed by atoms with E-state index in [1.165, 1.54) is 0 Å². The number of anilines is 2. The fraction of sp³-hybridized carbons (Fsp3) is 0.692. The number of aliphatic hydroxyl groups is 1. The molecule has 0 bridgehead atoms. The number of nitrogens with zero attached hydrogens (tertiary/aromatic N) is 2. The summed E-state index contributed by atoms with van der Waals surface area (Å²) in [5.41, 5.74) is 2.64. The van der Waals surface area contributed by atoms with Gasteiger partial charge >= 0.3 is 6.09 Å². The van der Waals surface area contributed by atoms with Crippen LogP contribution in [0.5, 0.6) is 0 Å². The summed E-state index contributed by atoms with van der Waals surface area (Å²) in [6, 6.07) is 6.23. The van der Waals surface area contributed by atoms with Gasteiger partial charge in [-0.3, -0.25) is 10.1 Å². The lowest BCUT2D eigenvalue weighted by Gasteiger charge is -2.42. The molecule has 2 saturated heterocycles. The molecule has 1 aliphatic carbocycles. The molecular formula is C26H39N3O4. The van der Waals surface area contributed by atoms with E-state index < -0.39 is 6.09 Å². The van der Waals surface area contributed by atoms with Gasteiger partial charge in [-0.1, -0.05) is 13.8 Å². The van der Waals surface area contributed by atoms with Gasteiger partial charge in [0.05, 0.1) is 18.1 Å². The normalized spacial score (nSPS) is 28.0. The lowest BCUT2D eigenvalue weighted by Crippen LogP contribution is -2.50. The summed E-state index contributed by atoms with van der Waals surface area (Å²) in [4.78, 5) is 30.1. The van der Waals surface area contributed by atoms with Crippen molar-refractivity contribution in [3.8, 4) is 0 Å². The van der Waals surface area contributed by atoms with Crippen molar-refractivity contribution in [2.75, 3.05) is 36.5 Å². The highest BCUT2D eigenvalue weighted by molar-refractivity contribution is 5.87. The van der Waals surface area contributed by atoms with Crippen LogP contribution in [0, 0.1) is 18.3 Å².